The molecule has 1 heterocycles. The number of rotatable bonds is 7. The predicted octanol–water partition coefficient (Wildman–Crippen LogP) is 1.81. The summed E-state index contributed by atoms with van der Waals surface area (Å²) < 4.78 is 11.0. The van der Waals surface area contributed by atoms with Gasteiger partial charge in [0.05, 0.1) is 13.2 Å². The van der Waals surface area contributed by atoms with Gasteiger partial charge in [-0.15, -0.1) is 0 Å². The molecule has 23 heavy (non-hydrogen) atoms. The maximum Gasteiger partial charge on any atom is 0.317 e. The summed E-state index contributed by atoms with van der Waals surface area (Å²) in [5.74, 6) is 1.61. The molecule has 0 radical (unpaired) electrons. The second-order valence-corrected chi connectivity index (χ2v) is 5.41. The maximum absolute atomic E-state index is 12.0. The van der Waals surface area contributed by atoms with Gasteiger partial charge in [0.2, 0.25) is 0 Å². The molecule has 0 aliphatic carbocycles. The summed E-state index contributed by atoms with van der Waals surface area (Å²) in [5, 5.41) is 2.91. The van der Waals surface area contributed by atoms with Gasteiger partial charge < -0.3 is 24.6 Å². The molecular formula is C17H27N3O3. The number of nitrogens with one attached hydrogen (secondary N) is 1. The third-order valence-electron chi connectivity index (χ3n) is 3.89. The number of amides is 2. The van der Waals surface area contributed by atoms with E-state index in [4.69, 9.17) is 9.47 Å². The van der Waals surface area contributed by atoms with Crippen molar-refractivity contribution in [1.29, 1.82) is 0 Å². The van der Waals surface area contributed by atoms with Gasteiger partial charge in [-0.25, -0.2) is 4.79 Å². The van der Waals surface area contributed by atoms with Crippen molar-refractivity contribution in [3.8, 4) is 11.5 Å². The minimum atomic E-state index is -0.00366. The molecule has 2 amide bonds. The third kappa shape index (κ3) is 5.63. The summed E-state index contributed by atoms with van der Waals surface area (Å²) in [4.78, 5) is 16.3. The monoisotopic (exact) mass is 321 g/mol. The lowest BCUT2D eigenvalue weighted by Crippen LogP contribution is -2.52. The summed E-state index contributed by atoms with van der Waals surface area (Å²) in [5.41, 5.74) is 0. The van der Waals surface area contributed by atoms with E-state index >= 15 is 0 Å². The van der Waals surface area contributed by atoms with Crippen molar-refractivity contribution in [3.05, 3.63) is 24.3 Å². The molecular weight excluding hydrogens is 294 g/mol. The molecule has 1 aromatic rings. The number of hydrogen-bond donors (Lipinski definition) is 1. The van der Waals surface area contributed by atoms with Crippen molar-refractivity contribution in [1.82, 2.24) is 15.1 Å². The molecule has 6 heteroatoms. The van der Waals surface area contributed by atoms with Crippen LogP contribution in [0.5, 0.6) is 11.5 Å². The molecule has 0 unspecified atom stereocenters. The lowest BCUT2D eigenvalue weighted by Gasteiger charge is -2.33. The smallest absolute Gasteiger partial charge is 0.317 e. The highest BCUT2D eigenvalue weighted by atomic mass is 16.5. The average molecular weight is 321 g/mol. The van der Waals surface area contributed by atoms with E-state index in [-0.39, 0.29) is 6.03 Å². The first kappa shape index (κ1) is 17.4. The molecule has 0 aromatic heterocycles. The van der Waals surface area contributed by atoms with Crippen molar-refractivity contribution in [3.63, 3.8) is 0 Å². The Morgan fingerprint density at radius 1 is 1.04 bits per heavy atom. The average Bonchev–Trinajstić information content (AvgIpc) is 2.60. The minimum Gasteiger partial charge on any atom is -0.494 e. The topological polar surface area (TPSA) is 54.0 Å². The molecule has 1 N–H and O–H groups in total. The number of piperazine rings is 1. The Balaban J connectivity index is 1.62. The first-order chi connectivity index (χ1) is 11.2. The Morgan fingerprint density at radius 2 is 1.65 bits per heavy atom. The van der Waals surface area contributed by atoms with E-state index in [1.165, 1.54) is 0 Å². The van der Waals surface area contributed by atoms with Crippen molar-refractivity contribution >= 4 is 6.03 Å². The van der Waals surface area contributed by atoms with Crippen LogP contribution < -0.4 is 14.8 Å². The zero-order chi connectivity index (χ0) is 16.5. The number of carbonyl (C=O) groups excluding carboxylic acids is 1. The zero-order valence-corrected chi connectivity index (χ0v) is 14.1. The first-order valence-electron chi connectivity index (χ1n) is 8.33. The Kier molecular flexibility index (Phi) is 7.00. The van der Waals surface area contributed by atoms with Gasteiger partial charge in [-0.05, 0) is 37.7 Å². The molecule has 1 aromatic carbocycles. The van der Waals surface area contributed by atoms with E-state index < -0.39 is 0 Å². The van der Waals surface area contributed by atoms with E-state index in [0.717, 1.165) is 44.2 Å². The van der Waals surface area contributed by atoms with Crippen molar-refractivity contribution in [2.24, 2.45) is 0 Å². The molecule has 1 aliphatic heterocycles. The number of nitrogens with zero attached hydrogens (tertiary/aromatic N) is 2. The number of benzene rings is 1. The van der Waals surface area contributed by atoms with Crippen LogP contribution in [0.3, 0.4) is 0 Å². The lowest BCUT2D eigenvalue weighted by molar-refractivity contribution is 0.142. The Hall–Kier alpha value is -1.95. The van der Waals surface area contributed by atoms with Crippen LogP contribution in [0.4, 0.5) is 4.79 Å². The minimum absolute atomic E-state index is 0.00366. The number of carbonyl (C=O) groups is 1. The third-order valence-corrected chi connectivity index (χ3v) is 3.89. The molecule has 1 aliphatic rings. The fourth-order valence-corrected chi connectivity index (χ4v) is 2.50. The summed E-state index contributed by atoms with van der Waals surface area (Å²) >= 11 is 0. The van der Waals surface area contributed by atoms with Crippen LogP contribution in [0.2, 0.25) is 0 Å². The van der Waals surface area contributed by atoms with E-state index in [1.807, 2.05) is 36.1 Å². The molecule has 0 bridgehead atoms. The number of urea groups is 1. The van der Waals surface area contributed by atoms with Crippen LogP contribution in [0.15, 0.2) is 24.3 Å². The normalized spacial score (nSPS) is 15.3. The van der Waals surface area contributed by atoms with Crippen molar-refractivity contribution in [2.75, 3.05) is 52.5 Å². The van der Waals surface area contributed by atoms with Crippen LogP contribution in [-0.4, -0.2) is 68.3 Å². The Labute approximate surface area is 138 Å². The summed E-state index contributed by atoms with van der Waals surface area (Å²) in [6.45, 7) is 10.2. The van der Waals surface area contributed by atoms with Gasteiger partial charge in [-0.2, -0.15) is 0 Å². The second kappa shape index (κ2) is 9.25. The van der Waals surface area contributed by atoms with Crippen LogP contribution in [-0.2, 0) is 0 Å². The summed E-state index contributed by atoms with van der Waals surface area (Å²) in [7, 11) is 0. The molecule has 1 fully saturated rings. The quantitative estimate of drug-likeness (QED) is 0.778. The van der Waals surface area contributed by atoms with Crippen molar-refractivity contribution in [2.45, 2.75) is 13.8 Å². The number of ether oxygens (including phenoxy) is 2. The Bertz CT molecular complexity index is 470. The molecule has 0 atom stereocenters. The van der Waals surface area contributed by atoms with Crippen molar-refractivity contribution < 1.29 is 14.3 Å². The highest BCUT2D eigenvalue weighted by Gasteiger charge is 2.19. The van der Waals surface area contributed by atoms with Gasteiger partial charge in [0.25, 0.3) is 0 Å². The SMILES string of the molecule is CCOc1ccc(OCCNC(=O)N2CCN(CC)CC2)cc1. The fraction of sp³-hybridized carbons (Fsp3) is 0.588. The van der Waals surface area contributed by atoms with Crippen LogP contribution in [0, 0.1) is 0 Å². The molecule has 1 saturated heterocycles. The lowest BCUT2D eigenvalue weighted by atomic mass is 10.3. The summed E-state index contributed by atoms with van der Waals surface area (Å²) in [6, 6.07) is 7.50. The zero-order valence-electron chi connectivity index (χ0n) is 14.1. The van der Waals surface area contributed by atoms with Gasteiger partial charge in [-0.1, -0.05) is 6.92 Å². The maximum atomic E-state index is 12.0. The highest BCUT2D eigenvalue weighted by molar-refractivity contribution is 5.74. The van der Waals surface area contributed by atoms with Crippen LogP contribution >= 0.6 is 0 Å². The molecule has 0 saturated carbocycles. The fourth-order valence-electron chi connectivity index (χ4n) is 2.50. The van der Waals surface area contributed by atoms with Gasteiger partial charge in [0.15, 0.2) is 0 Å². The largest absolute Gasteiger partial charge is 0.494 e. The van der Waals surface area contributed by atoms with E-state index in [1.54, 1.807) is 0 Å². The Morgan fingerprint density at radius 3 is 2.22 bits per heavy atom. The molecule has 0 spiro atoms. The second-order valence-electron chi connectivity index (χ2n) is 5.41. The van der Waals surface area contributed by atoms with Gasteiger partial charge in [-0.3, -0.25) is 0 Å². The standard InChI is InChI=1S/C17H27N3O3/c1-3-19-10-12-20(13-11-19)17(21)18-9-14-23-16-7-5-15(6-8-16)22-4-2/h5-8H,3-4,9-14H2,1-2H3,(H,18,21). The van der Waals surface area contributed by atoms with E-state index in [9.17, 15) is 4.79 Å². The molecule has 2 rings (SSSR count). The van der Waals surface area contributed by atoms with E-state index in [0.29, 0.717) is 19.8 Å². The van der Waals surface area contributed by atoms with Gasteiger partial charge in [0.1, 0.15) is 18.1 Å². The van der Waals surface area contributed by atoms with Crippen LogP contribution in [0.1, 0.15) is 13.8 Å². The number of likely N-dealkylation sites (N-methyl/N-ethyl adjacent to an activating group) is 1. The predicted molar refractivity (Wildman–Crippen MR) is 90.2 cm³/mol. The van der Waals surface area contributed by atoms with Crippen LogP contribution in [0.25, 0.3) is 0 Å². The first-order valence-corrected chi connectivity index (χ1v) is 8.33. The van der Waals surface area contributed by atoms with Gasteiger partial charge in [0, 0.05) is 26.2 Å². The molecule has 128 valence electrons. The highest BCUT2D eigenvalue weighted by Crippen LogP contribution is 2.17. The van der Waals surface area contributed by atoms with E-state index in [2.05, 4.69) is 17.1 Å². The summed E-state index contributed by atoms with van der Waals surface area (Å²) in [6.07, 6.45) is 0. The van der Waals surface area contributed by atoms with Gasteiger partial charge >= 0.3 is 6.03 Å². The molecule has 6 nitrogen and oxygen atoms in total. The number of hydrogen-bond acceptors (Lipinski definition) is 4.